The SMILES string of the molecule is O=C1OCc2cc[nH]c21. The predicted molar refractivity (Wildman–Crippen MR) is 29.9 cm³/mol. The van der Waals surface area contributed by atoms with Crippen molar-refractivity contribution in [2.45, 2.75) is 6.61 Å². The van der Waals surface area contributed by atoms with E-state index >= 15 is 0 Å². The summed E-state index contributed by atoms with van der Waals surface area (Å²) in [5, 5.41) is 0. The molecule has 2 rings (SSSR count). The number of carbonyl (C=O) groups excluding carboxylic acids is 1. The molecule has 2 heterocycles. The van der Waals surface area contributed by atoms with Gasteiger partial charge in [-0.1, -0.05) is 0 Å². The average Bonchev–Trinajstić information content (AvgIpc) is 2.35. The van der Waals surface area contributed by atoms with E-state index in [1.807, 2.05) is 6.07 Å². The molecule has 0 saturated heterocycles. The van der Waals surface area contributed by atoms with Gasteiger partial charge in [0.05, 0.1) is 0 Å². The van der Waals surface area contributed by atoms with Crippen molar-refractivity contribution in [3.63, 3.8) is 0 Å². The van der Waals surface area contributed by atoms with Gasteiger partial charge in [0, 0.05) is 11.8 Å². The highest BCUT2D eigenvalue weighted by Crippen LogP contribution is 2.16. The van der Waals surface area contributed by atoms with E-state index in [4.69, 9.17) is 4.74 Å². The second-order valence-electron chi connectivity index (χ2n) is 1.95. The van der Waals surface area contributed by atoms with Crippen molar-refractivity contribution in [3.05, 3.63) is 23.5 Å². The summed E-state index contributed by atoms with van der Waals surface area (Å²) in [6.07, 6.45) is 1.74. The predicted octanol–water partition coefficient (Wildman–Crippen LogP) is 0.685. The van der Waals surface area contributed by atoms with Crippen LogP contribution in [0.4, 0.5) is 0 Å². The van der Waals surface area contributed by atoms with Gasteiger partial charge in [0.1, 0.15) is 12.3 Å². The van der Waals surface area contributed by atoms with Crippen LogP contribution in [0.2, 0.25) is 0 Å². The lowest BCUT2D eigenvalue weighted by Gasteiger charge is -1.85. The number of nitrogens with one attached hydrogen (secondary N) is 1. The van der Waals surface area contributed by atoms with Gasteiger partial charge in [-0.2, -0.15) is 0 Å². The Morgan fingerprint density at radius 1 is 1.67 bits per heavy atom. The minimum absolute atomic E-state index is 0.241. The number of esters is 1. The van der Waals surface area contributed by atoms with Crippen molar-refractivity contribution in [2.24, 2.45) is 0 Å². The van der Waals surface area contributed by atoms with Crippen molar-refractivity contribution in [2.75, 3.05) is 0 Å². The van der Waals surface area contributed by atoms with Gasteiger partial charge in [-0.15, -0.1) is 0 Å². The van der Waals surface area contributed by atoms with Crippen LogP contribution in [0, 0.1) is 0 Å². The molecule has 1 aliphatic rings. The summed E-state index contributed by atoms with van der Waals surface area (Å²) in [5.74, 6) is -0.241. The number of hydrogen-bond donors (Lipinski definition) is 1. The maximum Gasteiger partial charge on any atom is 0.355 e. The Morgan fingerprint density at radius 3 is 3.33 bits per heavy atom. The van der Waals surface area contributed by atoms with Crippen LogP contribution in [0.1, 0.15) is 16.1 Å². The number of rotatable bonds is 0. The van der Waals surface area contributed by atoms with E-state index in [1.165, 1.54) is 0 Å². The number of carbonyl (C=O) groups is 1. The monoisotopic (exact) mass is 123 g/mol. The van der Waals surface area contributed by atoms with Crippen molar-refractivity contribution >= 4 is 5.97 Å². The molecule has 46 valence electrons. The highest BCUT2D eigenvalue weighted by molar-refractivity contribution is 5.91. The fourth-order valence-corrected chi connectivity index (χ4v) is 0.927. The number of aromatic amines is 1. The molecule has 1 aliphatic heterocycles. The first-order valence-electron chi connectivity index (χ1n) is 2.71. The molecular weight excluding hydrogens is 118 g/mol. The Labute approximate surface area is 51.6 Å². The molecule has 0 aliphatic carbocycles. The highest BCUT2D eigenvalue weighted by Gasteiger charge is 2.20. The molecule has 0 radical (unpaired) electrons. The number of hydrogen-bond acceptors (Lipinski definition) is 2. The van der Waals surface area contributed by atoms with E-state index in [9.17, 15) is 4.79 Å². The van der Waals surface area contributed by atoms with Gasteiger partial charge in [-0.05, 0) is 6.07 Å². The Morgan fingerprint density at radius 2 is 2.56 bits per heavy atom. The average molecular weight is 123 g/mol. The molecule has 1 N–H and O–H groups in total. The maximum absolute atomic E-state index is 10.7. The third-order valence-electron chi connectivity index (χ3n) is 1.40. The molecule has 0 aromatic carbocycles. The summed E-state index contributed by atoms with van der Waals surface area (Å²) in [5.41, 5.74) is 1.56. The Bertz CT molecular complexity index is 251. The van der Waals surface area contributed by atoms with Crippen LogP contribution < -0.4 is 0 Å². The molecule has 0 unspecified atom stereocenters. The fraction of sp³-hybridized carbons (Fsp3) is 0.167. The summed E-state index contributed by atoms with van der Waals surface area (Å²) in [6, 6.07) is 1.85. The fourth-order valence-electron chi connectivity index (χ4n) is 0.927. The lowest BCUT2D eigenvalue weighted by molar-refractivity contribution is 0.0529. The molecule has 1 aromatic rings. The highest BCUT2D eigenvalue weighted by atomic mass is 16.5. The normalized spacial score (nSPS) is 15.3. The minimum atomic E-state index is -0.241. The van der Waals surface area contributed by atoms with E-state index in [0.29, 0.717) is 12.3 Å². The van der Waals surface area contributed by atoms with Crippen LogP contribution in [0.3, 0.4) is 0 Å². The molecule has 0 saturated carbocycles. The first kappa shape index (κ1) is 4.61. The lowest BCUT2D eigenvalue weighted by atomic mass is 10.3. The van der Waals surface area contributed by atoms with Crippen molar-refractivity contribution in [1.82, 2.24) is 4.98 Å². The third kappa shape index (κ3) is 0.483. The maximum atomic E-state index is 10.7. The second kappa shape index (κ2) is 1.37. The van der Waals surface area contributed by atoms with Crippen LogP contribution in [0.15, 0.2) is 12.3 Å². The largest absolute Gasteiger partial charge is 0.456 e. The third-order valence-corrected chi connectivity index (χ3v) is 1.40. The van der Waals surface area contributed by atoms with Gasteiger partial charge in [0.2, 0.25) is 0 Å². The molecule has 1 aromatic heterocycles. The van der Waals surface area contributed by atoms with Gasteiger partial charge in [-0.3, -0.25) is 0 Å². The van der Waals surface area contributed by atoms with Crippen molar-refractivity contribution < 1.29 is 9.53 Å². The van der Waals surface area contributed by atoms with Gasteiger partial charge < -0.3 is 9.72 Å². The first-order valence-corrected chi connectivity index (χ1v) is 2.71. The van der Waals surface area contributed by atoms with E-state index in [2.05, 4.69) is 4.98 Å². The molecule has 9 heavy (non-hydrogen) atoms. The van der Waals surface area contributed by atoms with E-state index < -0.39 is 0 Å². The Kier molecular flexibility index (Phi) is 0.704. The van der Waals surface area contributed by atoms with Gasteiger partial charge in [-0.25, -0.2) is 4.79 Å². The number of H-pyrrole nitrogens is 1. The summed E-state index contributed by atoms with van der Waals surface area (Å²) in [7, 11) is 0. The van der Waals surface area contributed by atoms with E-state index in [-0.39, 0.29) is 5.97 Å². The van der Waals surface area contributed by atoms with Crippen LogP contribution >= 0.6 is 0 Å². The lowest BCUT2D eigenvalue weighted by Crippen LogP contribution is -1.93. The zero-order chi connectivity index (χ0) is 6.27. The topological polar surface area (TPSA) is 42.1 Å². The summed E-state index contributed by atoms with van der Waals surface area (Å²) < 4.78 is 4.69. The second-order valence-corrected chi connectivity index (χ2v) is 1.95. The molecular formula is C6H5NO2. The molecule has 0 amide bonds. The summed E-state index contributed by atoms with van der Waals surface area (Å²) in [6.45, 7) is 0.428. The number of fused-ring (bicyclic) bond motifs is 1. The molecule has 0 spiro atoms. The molecule has 3 heteroatoms. The Balaban J connectivity index is 2.61. The van der Waals surface area contributed by atoms with Crippen molar-refractivity contribution in [3.8, 4) is 0 Å². The number of aromatic nitrogens is 1. The van der Waals surface area contributed by atoms with E-state index in [0.717, 1.165) is 5.56 Å². The smallest absolute Gasteiger partial charge is 0.355 e. The zero-order valence-electron chi connectivity index (χ0n) is 4.68. The van der Waals surface area contributed by atoms with Crippen molar-refractivity contribution in [1.29, 1.82) is 0 Å². The van der Waals surface area contributed by atoms with Crippen LogP contribution in [0.5, 0.6) is 0 Å². The van der Waals surface area contributed by atoms with E-state index in [1.54, 1.807) is 6.20 Å². The number of ether oxygens (including phenoxy) is 1. The number of cyclic esters (lactones) is 1. The van der Waals surface area contributed by atoms with Crippen LogP contribution in [0.25, 0.3) is 0 Å². The molecule has 0 fully saturated rings. The first-order chi connectivity index (χ1) is 4.38. The standard InChI is InChI=1S/C6H5NO2/c8-6-5-4(3-9-6)1-2-7-5/h1-2,7H,3H2. The molecule has 0 atom stereocenters. The van der Waals surface area contributed by atoms with Crippen LogP contribution in [-0.2, 0) is 11.3 Å². The van der Waals surface area contributed by atoms with Gasteiger partial charge in [0.15, 0.2) is 0 Å². The van der Waals surface area contributed by atoms with Gasteiger partial charge >= 0.3 is 5.97 Å². The molecule has 0 bridgehead atoms. The summed E-state index contributed by atoms with van der Waals surface area (Å²) >= 11 is 0. The van der Waals surface area contributed by atoms with Gasteiger partial charge in [0.25, 0.3) is 0 Å². The molecule has 3 nitrogen and oxygen atoms in total. The van der Waals surface area contributed by atoms with Crippen LogP contribution in [-0.4, -0.2) is 11.0 Å². The quantitative estimate of drug-likeness (QED) is 0.515. The minimum Gasteiger partial charge on any atom is -0.456 e. The summed E-state index contributed by atoms with van der Waals surface area (Å²) in [4.78, 5) is 13.5. The Hall–Kier alpha value is -1.25. The zero-order valence-corrected chi connectivity index (χ0v) is 4.68.